The van der Waals surface area contributed by atoms with Crippen molar-refractivity contribution in [3.8, 4) is 0 Å². The van der Waals surface area contributed by atoms with Crippen LogP contribution in [0.25, 0.3) is 0 Å². The Balaban J connectivity index is 0.00000259. The molecule has 0 aromatic carbocycles. The van der Waals surface area contributed by atoms with E-state index in [1.165, 1.54) is 25.3 Å². The maximum atomic E-state index is 18.1. The molecular weight excluding hydrogens is 579 g/mol. The third kappa shape index (κ3) is 4.83. The van der Waals surface area contributed by atoms with Gasteiger partial charge in [0.05, 0.1) is 12.1 Å². The number of nitrogens with zero attached hydrogens (tertiary/aromatic N) is 3. The third-order valence-corrected chi connectivity index (χ3v) is 11.8. The molecule has 2 saturated carbocycles. The largest absolute Gasteiger partial charge is 0.354 e. The number of hydroxylamine groups is 2. The van der Waals surface area contributed by atoms with Crippen molar-refractivity contribution >= 4 is 5.78 Å². The summed E-state index contributed by atoms with van der Waals surface area (Å²) in [4.78, 5) is 45.9. The number of fused-ring (bicyclic) bond motifs is 3. The topological polar surface area (TPSA) is 181 Å². The lowest BCUT2D eigenvalue weighted by Gasteiger charge is -2.69. The zero-order valence-electron chi connectivity index (χ0n) is 27.3. The SMILES string of the molecule is CCC1C2CCC3=CC(=O)C=CC3(C)[C@@]2(F)C(O[N+](=O)[O-])CC1(C)C(C)(C(C)C)C1(CO[N+](=O)[O-])OCC(C)(C)N1O.CN. The summed E-state index contributed by atoms with van der Waals surface area (Å²) in [6, 6.07) is 0. The maximum absolute atomic E-state index is 18.1. The molecule has 3 N–H and O–H groups in total. The van der Waals surface area contributed by atoms with Crippen LogP contribution in [-0.4, -0.2) is 69.5 Å². The fourth-order valence-corrected chi connectivity index (χ4v) is 9.31. The van der Waals surface area contributed by atoms with Gasteiger partial charge in [0.2, 0.25) is 0 Å². The number of ketones is 1. The maximum Gasteiger partial charge on any atom is 0.294 e. The monoisotopic (exact) mass is 628 g/mol. The normalized spacial score (nSPS) is 39.2. The molecule has 3 fully saturated rings. The van der Waals surface area contributed by atoms with Gasteiger partial charge in [0.25, 0.3) is 10.2 Å². The smallest absolute Gasteiger partial charge is 0.294 e. The first-order valence-corrected chi connectivity index (χ1v) is 15.2. The highest BCUT2D eigenvalue weighted by atomic mass is 19.1. The quantitative estimate of drug-likeness (QED) is 0.264. The van der Waals surface area contributed by atoms with Crippen molar-refractivity contribution < 1.29 is 39.0 Å². The molecule has 0 aromatic heterocycles. The van der Waals surface area contributed by atoms with E-state index in [9.17, 15) is 30.2 Å². The molecule has 4 aliphatic rings. The number of allylic oxidation sites excluding steroid dienone is 4. The molecule has 1 aliphatic heterocycles. The minimum atomic E-state index is -2.25. The molecule has 0 bridgehead atoms. The molecule has 14 heteroatoms. The fourth-order valence-electron chi connectivity index (χ4n) is 9.31. The van der Waals surface area contributed by atoms with Gasteiger partial charge in [-0.05, 0) is 76.5 Å². The number of carbonyl (C=O) groups is 1. The number of rotatable bonds is 9. The van der Waals surface area contributed by atoms with Gasteiger partial charge in [-0.15, -0.1) is 20.2 Å². The standard InChI is InChI=1S/C29H44FN3O9.CH5N/c1-9-21-22-11-10-19-14-20(34)12-13-25(19,6)29(22,30)23(42-33(38)39)15-26(21,7)27(8,18(2)3)28(17-41-32(36)37)31(35)24(4,5)16-40-28;1-2/h12-14,18,21-23,35H,9-11,15-17H2,1-8H3;2H2,1H3/t21?,22?,23?,25?,26?,27?,28?,29-;/m0./s1. The van der Waals surface area contributed by atoms with Crippen molar-refractivity contribution in [2.45, 2.75) is 104 Å². The minimum Gasteiger partial charge on any atom is -0.354 e. The van der Waals surface area contributed by atoms with Crippen LogP contribution in [-0.2, 0) is 19.2 Å². The summed E-state index contributed by atoms with van der Waals surface area (Å²) in [5.41, 5.74) is -3.46. The first-order chi connectivity index (χ1) is 20.3. The van der Waals surface area contributed by atoms with E-state index in [0.29, 0.717) is 24.8 Å². The molecular formula is C30H49FN4O9. The minimum absolute atomic E-state index is 0.0239. The van der Waals surface area contributed by atoms with Gasteiger partial charge < -0.3 is 25.4 Å². The van der Waals surface area contributed by atoms with Gasteiger partial charge >= 0.3 is 0 Å². The van der Waals surface area contributed by atoms with Gasteiger partial charge in [0.1, 0.15) is 12.7 Å². The molecule has 4 rings (SSSR count). The lowest BCUT2D eigenvalue weighted by molar-refractivity contribution is -0.775. The molecule has 8 atom stereocenters. The summed E-state index contributed by atoms with van der Waals surface area (Å²) in [6.07, 6.45) is 3.76. The Bertz CT molecular complexity index is 1210. The molecule has 13 nitrogen and oxygen atoms in total. The van der Waals surface area contributed by atoms with Crippen LogP contribution in [0.5, 0.6) is 0 Å². The van der Waals surface area contributed by atoms with Crippen LogP contribution >= 0.6 is 0 Å². The van der Waals surface area contributed by atoms with Crippen molar-refractivity contribution in [3.63, 3.8) is 0 Å². The molecule has 3 aliphatic carbocycles. The summed E-state index contributed by atoms with van der Waals surface area (Å²) < 4.78 is 24.5. The van der Waals surface area contributed by atoms with E-state index in [1.54, 1.807) is 20.8 Å². The van der Waals surface area contributed by atoms with Crippen molar-refractivity contribution in [3.05, 3.63) is 44.0 Å². The molecule has 1 saturated heterocycles. The second kappa shape index (κ2) is 11.9. The predicted octanol–water partition coefficient (Wildman–Crippen LogP) is 4.83. The Morgan fingerprint density at radius 2 is 1.84 bits per heavy atom. The van der Waals surface area contributed by atoms with E-state index >= 15 is 4.39 Å². The second-order valence-corrected chi connectivity index (χ2v) is 14.0. The van der Waals surface area contributed by atoms with Gasteiger partial charge in [-0.2, -0.15) is 5.06 Å². The number of halogens is 1. The van der Waals surface area contributed by atoms with Gasteiger partial charge in [0.15, 0.2) is 17.2 Å². The zero-order valence-corrected chi connectivity index (χ0v) is 27.3. The van der Waals surface area contributed by atoms with Gasteiger partial charge in [-0.3, -0.25) is 4.79 Å². The summed E-state index contributed by atoms with van der Waals surface area (Å²) >= 11 is 0. The number of carbonyl (C=O) groups excluding carboxylic acids is 1. The van der Waals surface area contributed by atoms with Gasteiger partial charge in [0, 0.05) is 16.7 Å². The van der Waals surface area contributed by atoms with Crippen LogP contribution in [0.2, 0.25) is 0 Å². The van der Waals surface area contributed by atoms with Crippen molar-refractivity contribution in [1.29, 1.82) is 0 Å². The Morgan fingerprint density at radius 3 is 2.32 bits per heavy atom. The number of ether oxygens (including phenoxy) is 1. The molecule has 7 unspecified atom stereocenters. The number of hydrogen-bond donors (Lipinski definition) is 2. The fraction of sp³-hybridized carbons (Fsp3) is 0.833. The number of hydrogen-bond acceptors (Lipinski definition) is 11. The van der Waals surface area contributed by atoms with Gasteiger partial charge in [-0.1, -0.05) is 52.7 Å². The average Bonchev–Trinajstić information content (AvgIpc) is 3.18. The molecule has 44 heavy (non-hydrogen) atoms. The van der Waals surface area contributed by atoms with E-state index < -0.39 is 67.9 Å². The first-order valence-electron chi connectivity index (χ1n) is 15.2. The summed E-state index contributed by atoms with van der Waals surface area (Å²) in [5.74, 6) is -1.79. The van der Waals surface area contributed by atoms with Crippen LogP contribution < -0.4 is 5.73 Å². The molecule has 0 spiro atoms. The number of alkyl halides is 1. The molecule has 1 heterocycles. The second-order valence-electron chi connectivity index (χ2n) is 14.0. The Hall–Kier alpha value is -2.68. The zero-order chi connectivity index (χ0) is 33.7. The van der Waals surface area contributed by atoms with Crippen molar-refractivity contribution in [2.75, 3.05) is 20.3 Å². The van der Waals surface area contributed by atoms with Crippen molar-refractivity contribution in [2.24, 2.45) is 39.7 Å². The Labute approximate surface area is 258 Å². The van der Waals surface area contributed by atoms with E-state index in [0.717, 1.165) is 5.06 Å². The van der Waals surface area contributed by atoms with Crippen LogP contribution in [0.4, 0.5) is 4.39 Å². The summed E-state index contributed by atoms with van der Waals surface area (Å²) in [5, 5.41) is 34.2. The highest BCUT2D eigenvalue weighted by molar-refractivity contribution is 6.01. The van der Waals surface area contributed by atoms with E-state index in [1.807, 2.05) is 34.6 Å². The van der Waals surface area contributed by atoms with Crippen LogP contribution in [0.15, 0.2) is 23.8 Å². The summed E-state index contributed by atoms with van der Waals surface area (Å²) in [7, 11) is 1.50. The van der Waals surface area contributed by atoms with Crippen LogP contribution in [0.1, 0.15) is 81.1 Å². The lowest BCUT2D eigenvalue weighted by atomic mass is 9.38. The van der Waals surface area contributed by atoms with Gasteiger partial charge in [-0.25, -0.2) is 4.39 Å². The average molecular weight is 629 g/mol. The Kier molecular flexibility index (Phi) is 9.70. The number of nitrogens with two attached hydrogens (primary N) is 1. The van der Waals surface area contributed by atoms with Crippen LogP contribution in [0, 0.1) is 54.2 Å². The third-order valence-electron chi connectivity index (χ3n) is 11.8. The first kappa shape index (κ1) is 35.8. The molecule has 0 aromatic rings. The van der Waals surface area contributed by atoms with E-state index in [2.05, 4.69) is 5.73 Å². The molecule has 250 valence electrons. The van der Waals surface area contributed by atoms with Crippen molar-refractivity contribution in [1.82, 2.24) is 5.06 Å². The molecule has 0 radical (unpaired) electrons. The van der Waals surface area contributed by atoms with E-state index in [4.69, 9.17) is 14.4 Å². The highest BCUT2D eigenvalue weighted by Gasteiger charge is 2.76. The van der Waals surface area contributed by atoms with E-state index in [-0.39, 0.29) is 24.7 Å². The Morgan fingerprint density at radius 1 is 1.23 bits per heavy atom. The molecule has 0 amide bonds. The van der Waals surface area contributed by atoms with Crippen LogP contribution in [0.3, 0.4) is 0 Å². The highest BCUT2D eigenvalue weighted by Crippen LogP contribution is 2.72. The predicted molar refractivity (Wildman–Crippen MR) is 158 cm³/mol. The lowest BCUT2D eigenvalue weighted by Crippen LogP contribution is -2.75. The summed E-state index contributed by atoms with van der Waals surface area (Å²) in [6.45, 7) is 14.0.